The minimum absolute atomic E-state index is 0.147. The van der Waals surface area contributed by atoms with E-state index in [0.29, 0.717) is 25.8 Å². The topological polar surface area (TPSA) is 220 Å². The van der Waals surface area contributed by atoms with Crippen molar-refractivity contribution in [3.63, 3.8) is 0 Å². The summed E-state index contributed by atoms with van der Waals surface area (Å²) in [7, 11) is 0. The lowest BCUT2D eigenvalue weighted by molar-refractivity contribution is -0.140. The van der Waals surface area contributed by atoms with Crippen LogP contribution in [-0.4, -0.2) is 70.3 Å². The molecule has 0 bridgehead atoms. The van der Waals surface area contributed by atoms with Crippen molar-refractivity contribution in [1.29, 1.82) is 0 Å². The van der Waals surface area contributed by atoms with Crippen LogP contribution in [0.1, 0.15) is 97.3 Å². The molecule has 9 N–H and O–H groups in total. The third-order valence-electron chi connectivity index (χ3n) is 6.18. The summed E-state index contributed by atoms with van der Waals surface area (Å²) in [6.45, 7) is 5.59. The van der Waals surface area contributed by atoms with Gasteiger partial charge in [-0.2, -0.15) is 0 Å². The van der Waals surface area contributed by atoms with Gasteiger partial charge in [0.05, 0.1) is 5.82 Å². The second kappa shape index (κ2) is 21.4. The molecule has 0 rings (SSSR count). The molecule has 0 saturated carbocycles. The SMILES string of the molecule is CCC(CC)=C(NCCCCCCCC(N)=O)NCCCC[C@H](NC(=O)N[C@@H](CCC(=O)O)C(=O)O)C(=O)O. The molecule has 3 amide bonds. The number of unbranched alkanes of at least 4 members (excludes halogenated alkanes) is 5. The molecule has 39 heavy (non-hydrogen) atoms. The monoisotopic (exact) mass is 557 g/mol. The van der Waals surface area contributed by atoms with E-state index in [1.807, 2.05) is 0 Å². The molecule has 0 aliphatic rings. The maximum atomic E-state index is 12.1. The van der Waals surface area contributed by atoms with Gasteiger partial charge in [-0.3, -0.25) is 9.59 Å². The smallest absolute Gasteiger partial charge is 0.326 e. The highest BCUT2D eigenvalue weighted by molar-refractivity contribution is 5.86. The van der Waals surface area contributed by atoms with E-state index in [1.54, 1.807) is 0 Å². The van der Waals surface area contributed by atoms with Gasteiger partial charge in [-0.1, -0.05) is 33.1 Å². The predicted molar refractivity (Wildman–Crippen MR) is 146 cm³/mol. The first-order valence-corrected chi connectivity index (χ1v) is 13.7. The van der Waals surface area contributed by atoms with E-state index in [-0.39, 0.29) is 18.7 Å². The van der Waals surface area contributed by atoms with E-state index in [4.69, 9.17) is 15.9 Å². The fourth-order valence-corrected chi connectivity index (χ4v) is 3.91. The van der Waals surface area contributed by atoms with Crippen LogP contribution in [0, 0.1) is 0 Å². The van der Waals surface area contributed by atoms with Gasteiger partial charge in [0, 0.05) is 25.9 Å². The van der Waals surface area contributed by atoms with Crippen molar-refractivity contribution in [1.82, 2.24) is 21.3 Å². The lowest BCUT2D eigenvalue weighted by atomic mass is 10.1. The number of carbonyl (C=O) groups excluding carboxylic acids is 2. The lowest BCUT2D eigenvalue weighted by Gasteiger charge is -2.19. The number of amides is 3. The molecule has 0 spiro atoms. The molecule has 0 fully saturated rings. The van der Waals surface area contributed by atoms with E-state index in [1.165, 1.54) is 5.57 Å². The number of carboxylic acids is 3. The number of nitrogens with two attached hydrogens (primary N) is 1. The summed E-state index contributed by atoms with van der Waals surface area (Å²) in [4.78, 5) is 56.4. The zero-order valence-corrected chi connectivity index (χ0v) is 23.2. The van der Waals surface area contributed by atoms with Gasteiger partial charge in [-0.25, -0.2) is 14.4 Å². The van der Waals surface area contributed by atoms with Crippen molar-refractivity contribution >= 4 is 29.8 Å². The number of hydrogen-bond donors (Lipinski definition) is 8. The molecule has 0 aliphatic carbocycles. The lowest BCUT2D eigenvalue weighted by Crippen LogP contribution is -2.51. The van der Waals surface area contributed by atoms with Gasteiger partial charge in [-0.05, 0) is 56.9 Å². The van der Waals surface area contributed by atoms with Crippen molar-refractivity contribution in [2.24, 2.45) is 5.73 Å². The maximum Gasteiger partial charge on any atom is 0.326 e. The van der Waals surface area contributed by atoms with Crippen LogP contribution in [0.4, 0.5) is 4.79 Å². The molecule has 224 valence electrons. The Bertz CT molecular complexity index is 812. The van der Waals surface area contributed by atoms with Crippen LogP contribution in [0.3, 0.4) is 0 Å². The number of carbonyl (C=O) groups is 5. The highest BCUT2D eigenvalue weighted by Crippen LogP contribution is 2.11. The molecule has 0 aromatic rings. The average Bonchev–Trinajstić information content (AvgIpc) is 2.86. The number of hydrogen-bond acceptors (Lipinski definition) is 7. The molecule has 0 aromatic carbocycles. The Balaban J connectivity index is 4.55. The van der Waals surface area contributed by atoms with E-state index in [9.17, 15) is 29.1 Å². The fourth-order valence-electron chi connectivity index (χ4n) is 3.91. The Kier molecular flexibility index (Phi) is 19.5. The van der Waals surface area contributed by atoms with Gasteiger partial charge in [0.15, 0.2) is 0 Å². The number of nitrogens with one attached hydrogen (secondary N) is 4. The van der Waals surface area contributed by atoms with Gasteiger partial charge < -0.3 is 42.3 Å². The normalized spacial score (nSPS) is 12.1. The number of urea groups is 1. The van der Waals surface area contributed by atoms with Crippen LogP contribution in [0.2, 0.25) is 0 Å². The van der Waals surface area contributed by atoms with E-state index in [2.05, 4.69) is 35.1 Å². The van der Waals surface area contributed by atoms with Gasteiger partial charge in [0.1, 0.15) is 12.1 Å². The van der Waals surface area contributed by atoms with Crippen molar-refractivity contribution in [3.8, 4) is 0 Å². The summed E-state index contributed by atoms with van der Waals surface area (Å²) >= 11 is 0. The molecule has 0 heterocycles. The Morgan fingerprint density at radius 2 is 1.15 bits per heavy atom. The Morgan fingerprint density at radius 3 is 1.64 bits per heavy atom. The number of carboxylic acid groups (broad SMARTS) is 3. The second-order valence-corrected chi connectivity index (χ2v) is 9.35. The molecule has 0 saturated heterocycles. The Labute approximate surface area is 230 Å². The van der Waals surface area contributed by atoms with Crippen LogP contribution < -0.4 is 27.0 Å². The highest BCUT2D eigenvalue weighted by Gasteiger charge is 2.24. The molecule has 13 nitrogen and oxygen atoms in total. The van der Waals surface area contributed by atoms with Crippen molar-refractivity contribution in [2.45, 2.75) is 109 Å². The first-order chi connectivity index (χ1) is 18.5. The molecular formula is C26H47N5O8. The third-order valence-corrected chi connectivity index (χ3v) is 6.18. The minimum atomic E-state index is -1.44. The summed E-state index contributed by atoms with van der Waals surface area (Å²) in [6.07, 6.45) is 7.64. The largest absolute Gasteiger partial charge is 0.481 e. The predicted octanol–water partition coefficient (Wildman–Crippen LogP) is 2.26. The van der Waals surface area contributed by atoms with E-state index < -0.39 is 42.4 Å². The van der Waals surface area contributed by atoms with Crippen LogP contribution >= 0.6 is 0 Å². The quantitative estimate of drug-likeness (QED) is 0.0809. The number of aliphatic carboxylic acids is 3. The highest BCUT2D eigenvalue weighted by atomic mass is 16.4. The molecular weight excluding hydrogens is 510 g/mol. The molecule has 0 aromatic heterocycles. The van der Waals surface area contributed by atoms with Gasteiger partial charge >= 0.3 is 23.9 Å². The molecule has 0 radical (unpaired) electrons. The van der Waals surface area contributed by atoms with E-state index >= 15 is 0 Å². The number of primary amides is 1. The summed E-state index contributed by atoms with van der Waals surface area (Å²) in [5.41, 5.74) is 6.41. The molecule has 2 atom stereocenters. The van der Waals surface area contributed by atoms with Crippen LogP contribution in [0.25, 0.3) is 0 Å². The Morgan fingerprint density at radius 1 is 0.667 bits per heavy atom. The first kappa shape index (κ1) is 35.5. The fraction of sp³-hybridized carbons (Fsp3) is 0.731. The molecule has 0 aliphatic heterocycles. The maximum absolute atomic E-state index is 12.1. The van der Waals surface area contributed by atoms with Crippen LogP contribution in [-0.2, 0) is 19.2 Å². The van der Waals surface area contributed by atoms with Crippen LogP contribution in [0.5, 0.6) is 0 Å². The summed E-state index contributed by atoms with van der Waals surface area (Å²) in [6, 6.07) is -3.63. The summed E-state index contributed by atoms with van der Waals surface area (Å²) in [5.74, 6) is -3.12. The van der Waals surface area contributed by atoms with Gasteiger partial charge in [0.25, 0.3) is 0 Å². The van der Waals surface area contributed by atoms with Crippen LogP contribution in [0.15, 0.2) is 11.4 Å². The van der Waals surface area contributed by atoms with Crippen molar-refractivity contribution < 1.29 is 39.3 Å². The van der Waals surface area contributed by atoms with E-state index in [0.717, 1.165) is 57.3 Å². The zero-order chi connectivity index (χ0) is 29.6. The third kappa shape index (κ3) is 18.4. The average molecular weight is 558 g/mol. The molecule has 13 heteroatoms. The standard InChI is InChI=1S/C26H47N5O8/c1-3-18(4-2)23(28-16-10-7-5-6-8-13-21(27)32)29-17-11-9-12-19(24(35)36)30-26(39)31-20(25(37)38)14-15-22(33)34/h19-20,28-29H,3-17H2,1-2H3,(H2,27,32)(H,33,34)(H,35,36)(H,37,38)(H2,30,31,39)/t19-,20-/m0/s1. The van der Waals surface area contributed by atoms with Gasteiger partial charge in [0.2, 0.25) is 5.91 Å². The van der Waals surface area contributed by atoms with Crippen molar-refractivity contribution in [3.05, 3.63) is 11.4 Å². The first-order valence-electron chi connectivity index (χ1n) is 13.7. The van der Waals surface area contributed by atoms with Crippen molar-refractivity contribution in [2.75, 3.05) is 13.1 Å². The zero-order valence-electron chi connectivity index (χ0n) is 23.2. The minimum Gasteiger partial charge on any atom is -0.481 e. The summed E-state index contributed by atoms with van der Waals surface area (Å²) < 4.78 is 0. The number of allylic oxidation sites excluding steroid dienone is 1. The molecule has 0 unspecified atom stereocenters. The number of rotatable bonds is 24. The second-order valence-electron chi connectivity index (χ2n) is 9.35. The van der Waals surface area contributed by atoms with Gasteiger partial charge in [-0.15, -0.1) is 0 Å². The summed E-state index contributed by atoms with van der Waals surface area (Å²) in [5, 5.41) is 38.6. The Hall–Kier alpha value is -3.51.